The average molecular weight is 268 g/mol. The monoisotopic (exact) mass is 268 g/mol. The van der Waals surface area contributed by atoms with Crippen molar-refractivity contribution in [2.24, 2.45) is 0 Å². The van der Waals surface area contributed by atoms with Gasteiger partial charge in [-0.25, -0.2) is 4.79 Å². The quantitative estimate of drug-likeness (QED) is 0.512. The van der Waals surface area contributed by atoms with Gasteiger partial charge in [-0.2, -0.15) is 0 Å². The summed E-state index contributed by atoms with van der Waals surface area (Å²) in [5.41, 5.74) is 0.360. The number of aliphatic hydroxyl groups excluding tert-OH is 1. The summed E-state index contributed by atoms with van der Waals surface area (Å²) in [6, 6.07) is 3.77. The molecule has 8 heteroatoms. The number of amides is 1. The van der Waals surface area contributed by atoms with Gasteiger partial charge in [0.25, 0.3) is 11.6 Å². The predicted molar refractivity (Wildman–Crippen MR) is 63.8 cm³/mol. The molecule has 102 valence electrons. The predicted octanol–water partition coefficient (Wildman–Crippen LogP) is 0.0785. The maximum absolute atomic E-state index is 11.6. The van der Waals surface area contributed by atoms with Crippen LogP contribution in [0.2, 0.25) is 0 Å². The van der Waals surface area contributed by atoms with Gasteiger partial charge in [0.15, 0.2) is 6.10 Å². The smallest absolute Gasteiger partial charge is 0.334 e. The molecular formula is C11H12N2O6. The van der Waals surface area contributed by atoms with Crippen LogP contribution < -0.4 is 5.32 Å². The summed E-state index contributed by atoms with van der Waals surface area (Å²) < 4.78 is 0. The molecule has 3 N–H and O–H groups in total. The standard InChI is InChI=1S/C11H12N2O6/c1-6-4-7(2-3-8(6)13(18)19)10(15)12-5-9(14)11(16)17/h2-4,9,14H,5H2,1H3,(H,12,15)(H,16,17). The van der Waals surface area contributed by atoms with Crippen LogP contribution in [0.5, 0.6) is 0 Å². The number of carbonyl (C=O) groups excluding carboxylic acids is 1. The number of aliphatic hydroxyl groups is 1. The van der Waals surface area contributed by atoms with Crippen molar-refractivity contribution < 1.29 is 24.7 Å². The summed E-state index contributed by atoms with van der Waals surface area (Å²) in [7, 11) is 0. The van der Waals surface area contributed by atoms with Crippen molar-refractivity contribution >= 4 is 17.6 Å². The summed E-state index contributed by atoms with van der Waals surface area (Å²) in [5, 5.41) is 30.2. The summed E-state index contributed by atoms with van der Waals surface area (Å²) in [4.78, 5) is 32.0. The molecular weight excluding hydrogens is 256 g/mol. The molecule has 8 nitrogen and oxygen atoms in total. The van der Waals surface area contributed by atoms with Crippen molar-refractivity contribution in [2.75, 3.05) is 6.54 Å². The van der Waals surface area contributed by atoms with Gasteiger partial charge in [0.2, 0.25) is 0 Å². The topological polar surface area (TPSA) is 130 Å². The van der Waals surface area contributed by atoms with Crippen LogP contribution in [0.15, 0.2) is 18.2 Å². The van der Waals surface area contributed by atoms with Gasteiger partial charge in [-0.3, -0.25) is 14.9 Å². The van der Waals surface area contributed by atoms with Crippen molar-refractivity contribution in [1.82, 2.24) is 5.32 Å². The van der Waals surface area contributed by atoms with E-state index in [9.17, 15) is 19.7 Å². The molecule has 0 saturated carbocycles. The van der Waals surface area contributed by atoms with Crippen LogP contribution in [0.3, 0.4) is 0 Å². The van der Waals surface area contributed by atoms with E-state index in [-0.39, 0.29) is 11.3 Å². The van der Waals surface area contributed by atoms with Crippen molar-refractivity contribution in [3.63, 3.8) is 0 Å². The van der Waals surface area contributed by atoms with Gasteiger partial charge in [-0.15, -0.1) is 0 Å². The number of nitro benzene ring substituents is 1. The number of aliphatic carboxylic acids is 1. The van der Waals surface area contributed by atoms with E-state index >= 15 is 0 Å². The van der Waals surface area contributed by atoms with Crippen LogP contribution in [-0.2, 0) is 4.79 Å². The van der Waals surface area contributed by atoms with Crippen LogP contribution in [0, 0.1) is 17.0 Å². The van der Waals surface area contributed by atoms with Gasteiger partial charge in [0, 0.05) is 17.2 Å². The zero-order valence-electron chi connectivity index (χ0n) is 9.99. The highest BCUT2D eigenvalue weighted by molar-refractivity contribution is 5.95. The van der Waals surface area contributed by atoms with Crippen molar-refractivity contribution in [3.05, 3.63) is 39.4 Å². The van der Waals surface area contributed by atoms with Crippen LogP contribution in [-0.4, -0.2) is 39.7 Å². The lowest BCUT2D eigenvalue weighted by atomic mass is 10.1. The number of hydrogen-bond acceptors (Lipinski definition) is 5. The number of carboxylic acids is 1. The Labute approximate surface area is 107 Å². The highest BCUT2D eigenvalue weighted by atomic mass is 16.6. The summed E-state index contributed by atoms with van der Waals surface area (Å²) in [5.74, 6) is -2.06. The molecule has 1 atom stereocenters. The van der Waals surface area contributed by atoms with Gasteiger partial charge in [-0.05, 0) is 19.1 Å². The van der Waals surface area contributed by atoms with Crippen LogP contribution in [0.25, 0.3) is 0 Å². The lowest BCUT2D eigenvalue weighted by Gasteiger charge is -2.08. The number of carbonyl (C=O) groups is 2. The maximum Gasteiger partial charge on any atom is 0.334 e. The third kappa shape index (κ3) is 3.75. The number of carboxylic acid groups (broad SMARTS) is 1. The Morgan fingerprint density at radius 3 is 2.58 bits per heavy atom. The number of aryl methyl sites for hydroxylation is 1. The first-order valence-corrected chi connectivity index (χ1v) is 5.27. The van der Waals surface area contributed by atoms with Gasteiger partial charge in [0.05, 0.1) is 11.5 Å². The highest BCUT2D eigenvalue weighted by Crippen LogP contribution is 2.18. The molecule has 0 aromatic heterocycles. The summed E-state index contributed by atoms with van der Waals surface area (Å²) in [6.07, 6.45) is -1.69. The van der Waals surface area contributed by atoms with E-state index in [4.69, 9.17) is 10.2 Å². The number of nitrogens with one attached hydrogen (secondary N) is 1. The summed E-state index contributed by atoms with van der Waals surface area (Å²) >= 11 is 0. The Hall–Kier alpha value is -2.48. The van der Waals surface area contributed by atoms with Crippen molar-refractivity contribution in [1.29, 1.82) is 0 Å². The highest BCUT2D eigenvalue weighted by Gasteiger charge is 2.17. The summed E-state index contributed by atoms with van der Waals surface area (Å²) in [6.45, 7) is 1.05. The van der Waals surface area contributed by atoms with E-state index in [0.29, 0.717) is 5.56 Å². The molecule has 0 bridgehead atoms. The minimum atomic E-state index is -1.69. The second-order valence-electron chi connectivity index (χ2n) is 3.82. The fourth-order valence-electron chi connectivity index (χ4n) is 1.38. The van der Waals surface area contributed by atoms with Gasteiger partial charge in [0.1, 0.15) is 0 Å². The Morgan fingerprint density at radius 1 is 1.47 bits per heavy atom. The minimum Gasteiger partial charge on any atom is -0.479 e. The number of benzene rings is 1. The zero-order valence-corrected chi connectivity index (χ0v) is 9.99. The molecule has 0 saturated heterocycles. The molecule has 1 unspecified atom stereocenters. The van der Waals surface area contributed by atoms with Gasteiger partial charge in [-0.1, -0.05) is 0 Å². The fourth-order valence-corrected chi connectivity index (χ4v) is 1.38. The minimum absolute atomic E-state index is 0.109. The van der Waals surface area contributed by atoms with Gasteiger partial charge >= 0.3 is 5.97 Å². The number of rotatable bonds is 5. The fraction of sp³-hybridized carbons (Fsp3) is 0.273. The van der Waals surface area contributed by atoms with E-state index in [1.807, 2.05) is 0 Å². The van der Waals surface area contributed by atoms with Crippen molar-refractivity contribution in [2.45, 2.75) is 13.0 Å². The van der Waals surface area contributed by atoms with E-state index in [1.54, 1.807) is 0 Å². The molecule has 0 spiro atoms. The van der Waals surface area contributed by atoms with E-state index in [0.717, 1.165) is 0 Å². The molecule has 1 aromatic carbocycles. The van der Waals surface area contributed by atoms with Crippen LogP contribution >= 0.6 is 0 Å². The zero-order chi connectivity index (χ0) is 14.6. The third-order valence-electron chi connectivity index (χ3n) is 2.40. The Balaban J connectivity index is 2.76. The largest absolute Gasteiger partial charge is 0.479 e. The molecule has 0 aliphatic heterocycles. The lowest BCUT2D eigenvalue weighted by Crippen LogP contribution is -2.36. The molecule has 0 radical (unpaired) electrons. The Bertz CT molecular complexity index is 528. The molecule has 1 rings (SSSR count). The molecule has 0 heterocycles. The van der Waals surface area contributed by atoms with E-state index < -0.39 is 29.4 Å². The number of nitro groups is 1. The third-order valence-corrected chi connectivity index (χ3v) is 2.40. The maximum atomic E-state index is 11.6. The second-order valence-corrected chi connectivity index (χ2v) is 3.82. The molecule has 0 aliphatic rings. The first-order valence-electron chi connectivity index (χ1n) is 5.27. The molecule has 19 heavy (non-hydrogen) atoms. The van der Waals surface area contributed by atoms with Crippen LogP contribution in [0.4, 0.5) is 5.69 Å². The van der Waals surface area contributed by atoms with Gasteiger partial charge < -0.3 is 15.5 Å². The molecule has 0 fully saturated rings. The first kappa shape index (κ1) is 14.6. The molecule has 1 amide bonds. The van der Waals surface area contributed by atoms with E-state index in [1.165, 1.54) is 25.1 Å². The second kappa shape index (κ2) is 5.91. The number of nitrogens with zero attached hydrogens (tertiary/aromatic N) is 1. The van der Waals surface area contributed by atoms with Crippen molar-refractivity contribution in [3.8, 4) is 0 Å². The first-order chi connectivity index (χ1) is 8.82. The average Bonchev–Trinajstić information content (AvgIpc) is 2.34. The number of hydrogen-bond donors (Lipinski definition) is 3. The molecule has 0 aliphatic carbocycles. The molecule has 1 aromatic rings. The van der Waals surface area contributed by atoms with Crippen LogP contribution in [0.1, 0.15) is 15.9 Å². The normalized spacial score (nSPS) is 11.7. The Kier molecular flexibility index (Phi) is 4.54. The lowest BCUT2D eigenvalue weighted by molar-refractivity contribution is -0.385. The Morgan fingerprint density at radius 2 is 2.11 bits per heavy atom. The SMILES string of the molecule is Cc1cc(C(=O)NCC(O)C(=O)O)ccc1[N+](=O)[O-]. The van der Waals surface area contributed by atoms with E-state index in [2.05, 4.69) is 5.32 Å².